The van der Waals surface area contributed by atoms with Gasteiger partial charge in [0.2, 0.25) is 17.6 Å². The molecule has 0 radical (unpaired) electrons. The van der Waals surface area contributed by atoms with Crippen LogP contribution in [0.1, 0.15) is 17.9 Å². The molecule has 0 fully saturated rings. The topological polar surface area (TPSA) is 94.0 Å². The van der Waals surface area contributed by atoms with E-state index in [1.165, 1.54) is 0 Å². The number of hydrogen-bond acceptors (Lipinski definition) is 5. The molecule has 3 N–H and O–H groups in total. The molecule has 1 aliphatic rings. The van der Waals surface area contributed by atoms with E-state index in [9.17, 15) is 4.79 Å². The lowest BCUT2D eigenvalue weighted by atomic mass is 9.99. The molecule has 0 aliphatic carbocycles. The van der Waals surface area contributed by atoms with Crippen molar-refractivity contribution in [1.29, 1.82) is 0 Å². The van der Waals surface area contributed by atoms with E-state index in [-0.39, 0.29) is 12.5 Å². The summed E-state index contributed by atoms with van der Waals surface area (Å²) in [7, 11) is 0. The zero-order chi connectivity index (χ0) is 12.5. The van der Waals surface area contributed by atoms with Crippen LogP contribution in [0.3, 0.4) is 0 Å². The van der Waals surface area contributed by atoms with Crippen molar-refractivity contribution in [2.75, 3.05) is 5.32 Å². The summed E-state index contributed by atoms with van der Waals surface area (Å²) in [5.74, 6) is 0.844. The summed E-state index contributed by atoms with van der Waals surface area (Å²) >= 11 is 0. The first-order chi connectivity index (χ1) is 8.78. The summed E-state index contributed by atoms with van der Waals surface area (Å²) in [5.41, 5.74) is 8.07. The van der Waals surface area contributed by atoms with Crippen molar-refractivity contribution >= 4 is 11.6 Å². The Kier molecular flexibility index (Phi) is 2.56. The maximum atomic E-state index is 11.5. The van der Waals surface area contributed by atoms with E-state index in [4.69, 9.17) is 10.3 Å². The van der Waals surface area contributed by atoms with Crippen LogP contribution < -0.4 is 11.1 Å². The Morgan fingerprint density at radius 2 is 2.28 bits per heavy atom. The smallest absolute Gasteiger partial charge is 0.240 e. The summed E-state index contributed by atoms with van der Waals surface area (Å²) < 4.78 is 4.99. The molecule has 18 heavy (non-hydrogen) atoms. The van der Waals surface area contributed by atoms with Gasteiger partial charge in [-0.15, -0.1) is 0 Å². The molecule has 1 aliphatic heterocycles. The summed E-state index contributed by atoms with van der Waals surface area (Å²) in [5, 5.41) is 6.74. The summed E-state index contributed by atoms with van der Waals surface area (Å²) in [6.45, 7) is 0.203. The second-order valence-electron chi connectivity index (χ2n) is 4.10. The minimum Gasteiger partial charge on any atom is -0.338 e. The van der Waals surface area contributed by atoms with Crippen LogP contribution in [0.25, 0.3) is 11.4 Å². The predicted molar refractivity (Wildman–Crippen MR) is 64.6 cm³/mol. The number of nitrogens with zero attached hydrogens (tertiary/aromatic N) is 2. The van der Waals surface area contributed by atoms with Crippen molar-refractivity contribution in [3.8, 4) is 11.4 Å². The van der Waals surface area contributed by atoms with Gasteiger partial charge < -0.3 is 15.6 Å². The molecule has 0 atom stereocenters. The summed E-state index contributed by atoms with van der Waals surface area (Å²) in [4.78, 5) is 15.7. The zero-order valence-corrected chi connectivity index (χ0v) is 9.64. The lowest BCUT2D eigenvalue weighted by Crippen LogP contribution is -2.19. The van der Waals surface area contributed by atoms with Crippen LogP contribution in [0.2, 0.25) is 0 Å². The highest BCUT2D eigenvalue weighted by atomic mass is 16.5. The van der Waals surface area contributed by atoms with Crippen molar-refractivity contribution in [3.63, 3.8) is 0 Å². The molecule has 3 rings (SSSR count). The molecular weight excluding hydrogens is 232 g/mol. The number of hydrogen-bond donors (Lipinski definition) is 2. The average molecular weight is 244 g/mol. The highest BCUT2D eigenvalue weighted by Crippen LogP contribution is 2.32. The van der Waals surface area contributed by atoms with Crippen LogP contribution in [0.4, 0.5) is 5.69 Å². The van der Waals surface area contributed by atoms with E-state index < -0.39 is 0 Å². The Balaban J connectivity index is 2.09. The number of carbonyl (C=O) groups is 1. The van der Waals surface area contributed by atoms with Crippen LogP contribution in [-0.2, 0) is 17.8 Å². The predicted octanol–water partition coefficient (Wildman–Crippen LogP) is 1.08. The third-order valence-corrected chi connectivity index (χ3v) is 2.92. The first-order valence-electron chi connectivity index (χ1n) is 5.72. The molecule has 6 heteroatoms. The molecule has 2 aromatic rings. The first kappa shape index (κ1) is 10.9. The van der Waals surface area contributed by atoms with E-state index in [0.717, 1.165) is 23.2 Å². The molecule has 92 valence electrons. The Labute approximate surface area is 103 Å². The van der Waals surface area contributed by atoms with Gasteiger partial charge in [0.15, 0.2) is 0 Å². The molecule has 1 aromatic carbocycles. The standard InChI is InChI=1S/C12H12N4O2/c13-6-10-15-12(16-18-10)8-3-1-2-7-4-5-9(17)14-11(7)8/h1-3H,4-6,13H2,(H,14,17). The molecule has 0 saturated heterocycles. The Morgan fingerprint density at radius 1 is 1.39 bits per heavy atom. The van der Waals surface area contributed by atoms with Gasteiger partial charge in [0.25, 0.3) is 0 Å². The third-order valence-electron chi connectivity index (χ3n) is 2.92. The Hall–Kier alpha value is -2.21. The molecule has 0 spiro atoms. The fourth-order valence-electron chi connectivity index (χ4n) is 2.04. The number of amides is 1. The van der Waals surface area contributed by atoms with Gasteiger partial charge in [-0.2, -0.15) is 4.98 Å². The maximum absolute atomic E-state index is 11.5. The number of anilines is 1. The molecule has 0 saturated carbocycles. The SMILES string of the molecule is NCc1nc(-c2cccc3c2NC(=O)CC3)no1. The van der Waals surface area contributed by atoms with E-state index >= 15 is 0 Å². The number of rotatable bonds is 2. The summed E-state index contributed by atoms with van der Waals surface area (Å²) in [6, 6.07) is 5.77. The quantitative estimate of drug-likeness (QED) is 0.824. The van der Waals surface area contributed by atoms with Crippen molar-refractivity contribution in [2.45, 2.75) is 19.4 Å². The summed E-state index contributed by atoms with van der Waals surface area (Å²) in [6.07, 6.45) is 1.24. The van der Waals surface area contributed by atoms with Crippen LogP contribution >= 0.6 is 0 Å². The molecule has 6 nitrogen and oxygen atoms in total. The van der Waals surface area contributed by atoms with Gasteiger partial charge in [-0.1, -0.05) is 17.3 Å². The van der Waals surface area contributed by atoms with Crippen LogP contribution in [-0.4, -0.2) is 16.0 Å². The minimum absolute atomic E-state index is 0.0116. The molecule has 2 heterocycles. The molecule has 1 amide bonds. The van der Waals surface area contributed by atoms with Crippen molar-refractivity contribution in [3.05, 3.63) is 29.7 Å². The molecule has 1 aromatic heterocycles. The van der Waals surface area contributed by atoms with Gasteiger partial charge in [-0.25, -0.2) is 0 Å². The number of fused-ring (bicyclic) bond motifs is 1. The number of aryl methyl sites for hydroxylation is 1. The lowest BCUT2D eigenvalue weighted by Gasteiger charge is -2.18. The van der Waals surface area contributed by atoms with E-state index in [1.807, 2.05) is 18.2 Å². The lowest BCUT2D eigenvalue weighted by molar-refractivity contribution is -0.116. The molecular formula is C12H12N4O2. The number of nitrogens with one attached hydrogen (secondary N) is 1. The van der Waals surface area contributed by atoms with Gasteiger partial charge in [0, 0.05) is 12.0 Å². The largest absolute Gasteiger partial charge is 0.338 e. The molecule has 0 unspecified atom stereocenters. The van der Waals surface area contributed by atoms with Crippen molar-refractivity contribution < 1.29 is 9.32 Å². The highest BCUT2D eigenvalue weighted by molar-refractivity contribution is 5.98. The number of benzene rings is 1. The third kappa shape index (κ3) is 1.76. The van der Waals surface area contributed by atoms with Gasteiger partial charge in [-0.3, -0.25) is 4.79 Å². The monoisotopic (exact) mass is 244 g/mol. The fourth-order valence-corrected chi connectivity index (χ4v) is 2.04. The minimum atomic E-state index is 0.0116. The van der Waals surface area contributed by atoms with Gasteiger partial charge in [0.1, 0.15) is 0 Å². The Morgan fingerprint density at radius 3 is 3.06 bits per heavy atom. The van der Waals surface area contributed by atoms with E-state index in [2.05, 4.69) is 15.5 Å². The second kappa shape index (κ2) is 4.23. The van der Waals surface area contributed by atoms with E-state index in [0.29, 0.717) is 18.1 Å². The number of para-hydroxylation sites is 1. The van der Waals surface area contributed by atoms with Gasteiger partial charge in [0.05, 0.1) is 12.2 Å². The van der Waals surface area contributed by atoms with Gasteiger partial charge in [-0.05, 0) is 18.1 Å². The number of nitrogens with two attached hydrogens (primary N) is 1. The zero-order valence-electron chi connectivity index (χ0n) is 9.64. The fraction of sp³-hybridized carbons (Fsp3) is 0.250. The van der Waals surface area contributed by atoms with Crippen molar-refractivity contribution in [2.24, 2.45) is 5.73 Å². The Bertz CT molecular complexity index is 606. The normalized spacial score (nSPS) is 14.2. The van der Waals surface area contributed by atoms with Crippen LogP contribution in [0.15, 0.2) is 22.7 Å². The van der Waals surface area contributed by atoms with E-state index in [1.54, 1.807) is 0 Å². The maximum Gasteiger partial charge on any atom is 0.240 e. The average Bonchev–Trinajstić information content (AvgIpc) is 2.86. The highest BCUT2D eigenvalue weighted by Gasteiger charge is 2.20. The number of aromatic nitrogens is 2. The number of carbonyl (C=O) groups excluding carboxylic acids is 1. The second-order valence-corrected chi connectivity index (χ2v) is 4.10. The van der Waals surface area contributed by atoms with Crippen LogP contribution in [0, 0.1) is 0 Å². The first-order valence-corrected chi connectivity index (χ1v) is 5.72. The molecule has 0 bridgehead atoms. The van der Waals surface area contributed by atoms with Gasteiger partial charge >= 0.3 is 0 Å². The van der Waals surface area contributed by atoms with Crippen LogP contribution in [0.5, 0.6) is 0 Å². The van der Waals surface area contributed by atoms with Crippen molar-refractivity contribution in [1.82, 2.24) is 10.1 Å².